The SMILES string of the molecule is Cc1ccc(CC(=O)O)c2c1N(C)c1cccc(C=O)c1S2. The van der Waals surface area contributed by atoms with Crippen molar-refractivity contribution < 1.29 is 14.7 Å². The zero-order valence-electron chi connectivity index (χ0n) is 12.3. The Kier molecular flexibility index (Phi) is 3.66. The highest BCUT2D eigenvalue weighted by Crippen LogP contribution is 2.51. The first-order valence-corrected chi connectivity index (χ1v) is 7.68. The fourth-order valence-corrected chi connectivity index (χ4v) is 4.19. The summed E-state index contributed by atoms with van der Waals surface area (Å²) in [6, 6.07) is 9.42. The summed E-state index contributed by atoms with van der Waals surface area (Å²) in [5.41, 5.74) is 4.47. The predicted molar refractivity (Wildman–Crippen MR) is 86.5 cm³/mol. The molecule has 0 atom stereocenters. The van der Waals surface area contributed by atoms with Crippen LogP contribution in [0, 0.1) is 6.92 Å². The van der Waals surface area contributed by atoms with Gasteiger partial charge in [0.25, 0.3) is 0 Å². The number of carboxylic acid groups (broad SMARTS) is 1. The van der Waals surface area contributed by atoms with Gasteiger partial charge < -0.3 is 10.0 Å². The van der Waals surface area contributed by atoms with Gasteiger partial charge in [0.05, 0.1) is 17.8 Å². The molecule has 0 saturated carbocycles. The summed E-state index contributed by atoms with van der Waals surface area (Å²) in [6.07, 6.45) is 0.819. The van der Waals surface area contributed by atoms with E-state index in [-0.39, 0.29) is 6.42 Å². The largest absolute Gasteiger partial charge is 0.481 e. The van der Waals surface area contributed by atoms with Crippen LogP contribution in [0.2, 0.25) is 0 Å². The molecule has 0 fully saturated rings. The average molecular weight is 313 g/mol. The molecule has 0 spiro atoms. The summed E-state index contributed by atoms with van der Waals surface area (Å²) >= 11 is 1.48. The first kappa shape index (κ1) is 14.7. The monoisotopic (exact) mass is 313 g/mol. The van der Waals surface area contributed by atoms with Crippen LogP contribution >= 0.6 is 11.8 Å². The maximum absolute atomic E-state index is 11.3. The third kappa shape index (κ3) is 2.27. The predicted octanol–water partition coefficient (Wildman–Crippen LogP) is 3.67. The van der Waals surface area contributed by atoms with Crippen LogP contribution in [0.25, 0.3) is 0 Å². The number of anilines is 2. The first-order chi connectivity index (χ1) is 10.5. The molecule has 0 bridgehead atoms. The molecule has 0 amide bonds. The zero-order valence-corrected chi connectivity index (χ0v) is 13.1. The van der Waals surface area contributed by atoms with Crippen LogP contribution in [0.1, 0.15) is 21.5 Å². The Morgan fingerprint density at radius 1 is 1.27 bits per heavy atom. The summed E-state index contributed by atoms with van der Waals surface area (Å²) < 4.78 is 0. The van der Waals surface area contributed by atoms with Crippen LogP contribution in [0.15, 0.2) is 40.1 Å². The van der Waals surface area contributed by atoms with Crippen LogP contribution < -0.4 is 4.90 Å². The quantitative estimate of drug-likeness (QED) is 0.876. The highest BCUT2D eigenvalue weighted by molar-refractivity contribution is 8.00. The fraction of sp³-hybridized carbons (Fsp3) is 0.176. The second kappa shape index (κ2) is 5.50. The maximum Gasteiger partial charge on any atom is 0.307 e. The zero-order chi connectivity index (χ0) is 15.9. The molecule has 2 aromatic carbocycles. The molecule has 22 heavy (non-hydrogen) atoms. The van der Waals surface area contributed by atoms with E-state index in [9.17, 15) is 9.59 Å². The molecule has 0 aliphatic carbocycles. The summed E-state index contributed by atoms with van der Waals surface area (Å²) in [7, 11) is 1.95. The van der Waals surface area contributed by atoms with Crippen molar-refractivity contribution in [2.45, 2.75) is 23.1 Å². The van der Waals surface area contributed by atoms with Crippen molar-refractivity contribution in [1.29, 1.82) is 0 Å². The van der Waals surface area contributed by atoms with Gasteiger partial charge in [-0.2, -0.15) is 0 Å². The van der Waals surface area contributed by atoms with E-state index in [1.165, 1.54) is 11.8 Å². The van der Waals surface area contributed by atoms with Gasteiger partial charge in [0, 0.05) is 22.4 Å². The summed E-state index contributed by atoms with van der Waals surface area (Å²) in [5, 5.41) is 9.12. The van der Waals surface area contributed by atoms with E-state index < -0.39 is 5.97 Å². The van der Waals surface area contributed by atoms with Crippen molar-refractivity contribution in [3.05, 3.63) is 47.0 Å². The van der Waals surface area contributed by atoms with E-state index in [4.69, 9.17) is 5.11 Å². The van der Waals surface area contributed by atoms with Crippen molar-refractivity contribution >= 4 is 35.4 Å². The van der Waals surface area contributed by atoms with Gasteiger partial charge in [0.2, 0.25) is 0 Å². The molecule has 1 heterocycles. The van der Waals surface area contributed by atoms with Gasteiger partial charge in [-0.05, 0) is 24.1 Å². The van der Waals surface area contributed by atoms with E-state index in [0.29, 0.717) is 5.56 Å². The molecule has 0 aromatic heterocycles. The number of aldehydes is 1. The Hall–Kier alpha value is -2.27. The molecule has 2 aromatic rings. The van der Waals surface area contributed by atoms with Crippen LogP contribution in [0.4, 0.5) is 11.4 Å². The topological polar surface area (TPSA) is 57.6 Å². The highest BCUT2D eigenvalue weighted by Gasteiger charge is 2.26. The van der Waals surface area contributed by atoms with Crippen LogP contribution in [0.3, 0.4) is 0 Å². The minimum atomic E-state index is -0.858. The number of fused-ring (bicyclic) bond motifs is 2. The molecule has 1 aliphatic rings. The Labute approximate surface area is 132 Å². The molecular weight excluding hydrogens is 298 g/mol. The number of aliphatic carboxylic acids is 1. The minimum absolute atomic E-state index is 0.0258. The Morgan fingerprint density at radius 3 is 2.73 bits per heavy atom. The van der Waals surface area contributed by atoms with E-state index >= 15 is 0 Å². The summed E-state index contributed by atoms with van der Waals surface area (Å²) in [6.45, 7) is 2.01. The smallest absolute Gasteiger partial charge is 0.307 e. The second-order valence-electron chi connectivity index (χ2n) is 5.26. The molecule has 3 rings (SSSR count). The molecule has 1 aliphatic heterocycles. The van der Waals surface area contributed by atoms with Crippen molar-refractivity contribution in [3.63, 3.8) is 0 Å². The lowest BCUT2D eigenvalue weighted by atomic mass is 10.0. The molecular formula is C17H15NO3S. The number of aryl methyl sites for hydroxylation is 1. The van der Waals surface area contributed by atoms with Gasteiger partial charge in [-0.1, -0.05) is 36.0 Å². The number of benzene rings is 2. The second-order valence-corrected chi connectivity index (χ2v) is 6.28. The molecule has 1 N–H and O–H groups in total. The van der Waals surface area contributed by atoms with Gasteiger partial charge in [0.15, 0.2) is 6.29 Å². The standard InChI is InChI=1S/C17H15NO3S/c1-10-6-7-11(8-14(20)21)17-15(10)18(2)13-5-3-4-12(9-19)16(13)22-17/h3-7,9H,8H2,1-2H3,(H,20,21). The first-order valence-electron chi connectivity index (χ1n) is 6.87. The molecule has 0 saturated heterocycles. The Morgan fingerprint density at radius 2 is 2.05 bits per heavy atom. The maximum atomic E-state index is 11.3. The molecule has 0 unspecified atom stereocenters. The number of rotatable bonds is 3. The van der Waals surface area contributed by atoms with Crippen molar-refractivity contribution in [2.24, 2.45) is 0 Å². The number of carbonyl (C=O) groups is 2. The summed E-state index contributed by atoms with van der Waals surface area (Å²) in [5.74, 6) is -0.858. The number of carboxylic acids is 1. The van der Waals surface area contributed by atoms with Gasteiger partial charge in [-0.15, -0.1) is 0 Å². The van der Waals surface area contributed by atoms with Crippen LogP contribution in [-0.2, 0) is 11.2 Å². The average Bonchev–Trinajstić information content (AvgIpc) is 2.49. The summed E-state index contributed by atoms with van der Waals surface area (Å²) in [4.78, 5) is 26.3. The van der Waals surface area contributed by atoms with Crippen LogP contribution in [0.5, 0.6) is 0 Å². The van der Waals surface area contributed by atoms with Crippen LogP contribution in [-0.4, -0.2) is 24.4 Å². The molecule has 5 heteroatoms. The number of hydrogen-bond acceptors (Lipinski definition) is 4. The van der Waals surface area contributed by atoms with Crippen molar-refractivity contribution in [3.8, 4) is 0 Å². The van der Waals surface area contributed by atoms with Crippen molar-refractivity contribution in [1.82, 2.24) is 0 Å². The fourth-order valence-electron chi connectivity index (χ4n) is 2.78. The number of hydrogen-bond donors (Lipinski definition) is 1. The lowest BCUT2D eigenvalue weighted by Gasteiger charge is -2.32. The van der Waals surface area contributed by atoms with E-state index in [0.717, 1.165) is 38.6 Å². The van der Waals surface area contributed by atoms with E-state index in [1.54, 1.807) is 6.07 Å². The van der Waals surface area contributed by atoms with E-state index in [1.807, 2.05) is 43.1 Å². The number of nitrogens with zero attached hydrogens (tertiary/aromatic N) is 1. The van der Waals surface area contributed by atoms with Gasteiger partial charge in [0.1, 0.15) is 0 Å². The van der Waals surface area contributed by atoms with Gasteiger partial charge in [-0.25, -0.2) is 0 Å². The third-order valence-electron chi connectivity index (χ3n) is 3.81. The molecule has 112 valence electrons. The van der Waals surface area contributed by atoms with Gasteiger partial charge >= 0.3 is 5.97 Å². The minimum Gasteiger partial charge on any atom is -0.481 e. The third-order valence-corrected chi connectivity index (χ3v) is 5.12. The Balaban J connectivity index is 2.22. The van der Waals surface area contributed by atoms with E-state index in [2.05, 4.69) is 0 Å². The normalized spacial score (nSPS) is 12.5. The molecule has 4 nitrogen and oxygen atoms in total. The van der Waals surface area contributed by atoms with Crippen molar-refractivity contribution in [2.75, 3.05) is 11.9 Å². The molecule has 0 radical (unpaired) electrons. The lowest BCUT2D eigenvalue weighted by Crippen LogP contribution is -2.18. The highest BCUT2D eigenvalue weighted by atomic mass is 32.2. The Bertz CT molecular complexity index is 786. The lowest BCUT2D eigenvalue weighted by molar-refractivity contribution is -0.136. The van der Waals surface area contributed by atoms with Gasteiger partial charge in [-0.3, -0.25) is 9.59 Å². The number of carbonyl (C=O) groups excluding carboxylic acids is 1.